The number of nitrogens with two attached hydrogens (primary N) is 1. The summed E-state index contributed by atoms with van der Waals surface area (Å²) in [6.45, 7) is -0.404. The van der Waals surface area contributed by atoms with Gasteiger partial charge >= 0.3 is 5.97 Å². The van der Waals surface area contributed by atoms with Gasteiger partial charge in [0.2, 0.25) is 5.91 Å². The average Bonchev–Trinajstić information content (AvgIpc) is 2.51. The summed E-state index contributed by atoms with van der Waals surface area (Å²) in [5, 5.41) is 9.57. The molecule has 0 radical (unpaired) electrons. The Morgan fingerprint density at radius 1 is 1.18 bits per heavy atom. The first-order valence-electron chi connectivity index (χ1n) is 6.38. The summed E-state index contributed by atoms with van der Waals surface area (Å²) < 4.78 is 0. The van der Waals surface area contributed by atoms with Crippen LogP contribution >= 0.6 is 12.6 Å². The number of rotatable bonds is 8. The Hall–Kier alpha value is -2.19. The second-order valence-corrected chi connectivity index (χ2v) is 5.05. The summed E-state index contributed by atoms with van der Waals surface area (Å²) in [7, 11) is 0. The van der Waals surface area contributed by atoms with Crippen LogP contribution in [-0.4, -0.2) is 46.4 Å². The lowest BCUT2D eigenvalue weighted by molar-refractivity contribution is -0.140. The highest BCUT2D eigenvalue weighted by Gasteiger charge is 2.24. The molecule has 2 atom stereocenters. The molecule has 0 aliphatic carbocycles. The van der Waals surface area contributed by atoms with E-state index in [4.69, 9.17) is 10.8 Å². The Balaban J connectivity index is 2.50. The number of carboxylic acids is 1. The maximum absolute atomic E-state index is 12.0. The number of Topliss-reactive ketones (excluding diaryl/α,β-unsaturated/α-hetero) is 2. The summed E-state index contributed by atoms with van der Waals surface area (Å²) in [6, 6.07) is 6.83. The quantitative estimate of drug-likeness (QED) is 0.294. The first-order valence-corrected chi connectivity index (χ1v) is 6.89. The highest BCUT2D eigenvalue weighted by atomic mass is 32.1. The molecule has 1 aromatic rings. The number of hydrogen-bond acceptors (Lipinski definition) is 6. The first-order chi connectivity index (χ1) is 10.3. The third-order valence-corrected chi connectivity index (χ3v) is 3.25. The molecule has 1 rings (SSSR count). The molecule has 1 aromatic carbocycles. The number of carbonyl (C=O) groups excluding carboxylic acids is 3. The molecule has 4 N–H and O–H groups in total. The highest BCUT2D eigenvalue weighted by Crippen LogP contribution is 2.08. The molecule has 0 fully saturated rings. The van der Waals surface area contributed by atoms with E-state index in [0.29, 0.717) is 5.56 Å². The largest absolute Gasteiger partial charge is 0.480 e. The summed E-state index contributed by atoms with van der Waals surface area (Å²) in [5.41, 5.74) is 5.54. The van der Waals surface area contributed by atoms with Crippen LogP contribution in [0.3, 0.4) is 0 Å². The van der Waals surface area contributed by atoms with Crippen molar-refractivity contribution in [1.29, 1.82) is 0 Å². The standard InChI is InChI=1S/C14H16N2O5S/c15-10(14(20)21)6-9(17)7-16-13(19)12(22)11(18)8-4-2-1-3-5-8/h1-5,10,12,22H,6-7,15H2,(H,16,19)(H,20,21)/t10-,12?/m1/s1. The third kappa shape index (κ3) is 5.30. The second-order valence-electron chi connectivity index (χ2n) is 4.54. The Kier molecular flexibility index (Phi) is 6.74. The van der Waals surface area contributed by atoms with Crippen LogP contribution in [0.15, 0.2) is 30.3 Å². The van der Waals surface area contributed by atoms with E-state index in [0.717, 1.165) is 0 Å². The van der Waals surface area contributed by atoms with Gasteiger partial charge < -0.3 is 16.2 Å². The van der Waals surface area contributed by atoms with E-state index in [1.165, 1.54) is 0 Å². The minimum absolute atomic E-state index is 0.330. The lowest BCUT2D eigenvalue weighted by atomic mass is 10.1. The first kappa shape index (κ1) is 17.9. The minimum atomic E-state index is -1.32. The van der Waals surface area contributed by atoms with Gasteiger partial charge in [-0.25, -0.2) is 0 Å². The highest BCUT2D eigenvalue weighted by molar-refractivity contribution is 7.82. The van der Waals surface area contributed by atoms with Crippen LogP contribution in [0.4, 0.5) is 0 Å². The Labute approximate surface area is 132 Å². The maximum atomic E-state index is 12.0. The van der Waals surface area contributed by atoms with Crippen LogP contribution in [0, 0.1) is 0 Å². The molecule has 118 valence electrons. The lowest BCUT2D eigenvalue weighted by Gasteiger charge is -2.11. The zero-order valence-corrected chi connectivity index (χ0v) is 12.5. The van der Waals surface area contributed by atoms with E-state index in [1.54, 1.807) is 30.3 Å². The monoisotopic (exact) mass is 324 g/mol. The van der Waals surface area contributed by atoms with Gasteiger partial charge in [-0.05, 0) is 0 Å². The number of nitrogens with one attached hydrogen (secondary N) is 1. The van der Waals surface area contributed by atoms with Gasteiger partial charge in [0.05, 0.1) is 6.54 Å². The van der Waals surface area contributed by atoms with Crippen LogP contribution in [0.2, 0.25) is 0 Å². The smallest absolute Gasteiger partial charge is 0.320 e. The Morgan fingerprint density at radius 2 is 1.77 bits per heavy atom. The molecule has 1 unspecified atom stereocenters. The minimum Gasteiger partial charge on any atom is -0.480 e. The predicted octanol–water partition coefficient (Wildman–Crippen LogP) is -0.345. The number of carbonyl (C=O) groups is 4. The lowest BCUT2D eigenvalue weighted by Crippen LogP contribution is -2.41. The van der Waals surface area contributed by atoms with Crippen molar-refractivity contribution in [3.05, 3.63) is 35.9 Å². The van der Waals surface area contributed by atoms with E-state index in [2.05, 4.69) is 17.9 Å². The number of aliphatic carboxylic acids is 1. The summed E-state index contributed by atoms with van der Waals surface area (Å²) >= 11 is 3.94. The molecule has 1 amide bonds. The molecule has 0 heterocycles. The van der Waals surface area contributed by atoms with Crippen LogP contribution in [0.1, 0.15) is 16.8 Å². The second kappa shape index (κ2) is 8.30. The molecular formula is C14H16N2O5S. The van der Waals surface area contributed by atoms with Crippen LogP contribution in [0.25, 0.3) is 0 Å². The van der Waals surface area contributed by atoms with E-state index in [-0.39, 0.29) is 0 Å². The molecular weight excluding hydrogens is 308 g/mol. The molecule has 0 spiro atoms. The van der Waals surface area contributed by atoms with Crippen molar-refractivity contribution >= 4 is 36.1 Å². The number of carboxylic acid groups (broad SMARTS) is 1. The molecule has 0 bridgehead atoms. The van der Waals surface area contributed by atoms with Gasteiger partial charge in [-0.2, -0.15) is 12.6 Å². The third-order valence-electron chi connectivity index (χ3n) is 2.78. The van der Waals surface area contributed by atoms with E-state index < -0.39 is 47.7 Å². The van der Waals surface area contributed by atoms with Gasteiger partial charge in [-0.3, -0.25) is 19.2 Å². The zero-order valence-electron chi connectivity index (χ0n) is 11.6. The van der Waals surface area contributed by atoms with Crippen molar-refractivity contribution < 1.29 is 24.3 Å². The van der Waals surface area contributed by atoms with Gasteiger partial charge in [0.1, 0.15) is 11.3 Å². The number of thiol groups is 1. The van der Waals surface area contributed by atoms with Crippen molar-refractivity contribution in [2.45, 2.75) is 17.7 Å². The summed E-state index contributed by atoms with van der Waals surface area (Å²) in [5.74, 6) is -3.06. The molecule has 7 nitrogen and oxygen atoms in total. The number of amides is 1. The van der Waals surface area contributed by atoms with E-state index >= 15 is 0 Å². The Bertz CT molecular complexity index is 576. The SMILES string of the molecule is N[C@H](CC(=O)CNC(=O)C(S)C(=O)c1ccccc1)C(=O)O. The zero-order chi connectivity index (χ0) is 16.7. The van der Waals surface area contributed by atoms with Crippen molar-refractivity contribution in [3.8, 4) is 0 Å². The van der Waals surface area contributed by atoms with Crippen molar-refractivity contribution in [2.75, 3.05) is 6.54 Å². The molecule has 8 heteroatoms. The topological polar surface area (TPSA) is 127 Å². The fraction of sp³-hybridized carbons (Fsp3) is 0.286. The van der Waals surface area contributed by atoms with Gasteiger partial charge in [-0.1, -0.05) is 30.3 Å². The average molecular weight is 324 g/mol. The van der Waals surface area contributed by atoms with Gasteiger partial charge in [0.25, 0.3) is 0 Å². The van der Waals surface area contributed by atoms with Crippen LogP contribution in [0.5, 0.6) is 0 Å². The molecule has 0 aliphatic rings. The van der Waals surface area contributed by atoms with E-state index in [9.17, 15) is 19.2 Å². The molecule has 0 saturated heterocycles. The molecule has 0 aliphatic heterocycles. The molecule has 22 heavy (non-hydrogen) atoms. The fourth-order valence-electron chi connectivity index (χ4n) is 1.57. The van der Waals surface area contributed by atoms with Crippen molar-refractivity contribution in [2.24, 2.45) is 5.73 Å². The fourth-order valence-corrected chi connectivity index (χ4v) is 1.81. The van der Waals surface area contributed by atoms with Gasteiger partial charge in [-0.15, -0.1) is 0 Å². The number of hydrogen-bond donors (Lipinski definition) is 4. The van der Waals surface area contributed by atoms with Crippen molar-refractivity contribution in [1.82, 2.24) is 5.32 Å². The van der Waals surface area contributed by atoms with Gasteiger partial charge in [0, 0.05) is 12.0 Å². The predicted molar refractivity (Wildman–Crippen MR) is 81.8 cm³/mol. The van der Waals surface area contributed by atoms with Crippen molar-refractivity contribution in [3.63, 3.8) is 0 Å². The van der Waals surface area contributed by atoms with Crippen LogP contribution in [-0.2, 0) is 14.4 Å². The van der Waals surface area contributed by atoms with Crippen LogP contribution < -0.4 is 11.1 Å². The Morgan fingerprint density at radius 3 is 2.32 bits per heavy atom. The summed E-state index contributed by atoms with van der Waals surface area (Å²) in [4.78, 5) is 45.7. The number of benzene rings is 1. The van der Waals surface area contributed by atoms with E-state index in [1.807, 2.05) is 0 Å². The summed E-state index contributed by atoms with van der Waals surface area (Å²) in [6.07, 6.45) is -0.403. The molecule has 0 aromatic heterocycles. The van der Waals surface area contributed by atoms with Gasteiger partial charge in [0.15, 0.2) is 11.6 Å². The maximum Gasteiger partial charge on any atom is 0.320 e. The molecule has 0 saturated carbocycles. The number of ketones is 2. The normalized spacial score (nSPS) is 13.0.